The largest absolute Gasteiger partial charge is 0.489 e. The van der Waals surface area contributed by atoms with Crippen molar-refractivity contribution in [2.75, 3.05) is 7.11 Å². The minimum Gasteiger partial charge on any atom is -0.489 e. The van der Waals surface area contributed by atoms with E-state index in [2.05, 4.69) is 0 Å². The van der Waals surface area contributed by atoms with E-state index in [9.17, 15) is 0 Å². The number of hydrogen-bond acceptors (Lipinski definition) is 3. The van der Waals surface area contributed by atoms with Gasteiger partial charge in [-0.3, -0.25) is 5.41 Å². The fourth-order valence-corrected chi connectivity index (χ4v) is 2.00. The second kappa shape index (κ2) is 6.96. The fraction of sp³-hybridized carbons (Fsp3) is 0.188. The zero-order chi connectivity index (χ0) is 14.4. The van der Waals surface area contributed by atoms with Gasteiger partial charge in [0.25, 0.3) is 0 Å². The van der Waals surface area contributed by atoms with Crippen LogP contribution in [0.3, 0.4) is 0 Å². The van der Waals surface area contributed by atoms with E-state index in [1.807, 2.05) is 36.4 Å². The summed E-state index contributed by atoms with van der Waals surface area (Å²) >= 11 is 5.99. The van der Waals surface area contributed by atoms with Crippen molar-refractivity contribution in [3.63, 3.8) is 0 Å². The molecule has 0 atom stereocenters. The van der Waals surface area contributed by atoms with Crippen LogP contribution in [-0.2, 0) is 17.8 Å². The van der Waals surface area contributed by atoms with Gasteiger partial charge in [-0.05, 0) is 23.8 Å². The van der Waals surface area contributed by atoms with Crippen molar-refractivity contribution in [3.8, 4) is 5.75 Å². The second-order valence-electron chi connectivity index (χ2n) is 4.33. The number of rotatable bonds is 5. The number of ether oxygens (including phenoxy) is 2. The molecule has 1 N–H and O–H groups in total. The summed E-state index contributed by atoms with van der Waals surface area (Å²) in [5, 5.41) is 8.24. The maximum Gasteiger partial charge on any atom is 0.184 e. The molecule has 104 valence electrons. The SMILES string of the molecule is COC(=N)Cc1cc(Cl)ccc1OCc1ccccc1. The Labute approximate surface area is 123 Å². The van der Waals surface area contributed by atoms with Crippen molar-refractivity contribution in [2.24, 2.45) is 0 Å². The lowest BCUT2D eigenvalue weighted by Gasteiger charge is -2.12. The Kier molecular flexibility index (Phi) is 5.02. The average molecular weight is 290 g/mol. The maximum atomic E-state index is 7.62. The standard InChI is InChI=1S/C16H16ClNO2/c1-19-16(18)10-13-9-14(17)7-8-15(13)20-11-12-5-3-2-4-6-12/h2-9,18H,10-11H2,1H3. The number of benzene rings is 2. The van der Waals surface area contributed by atoms with E-state index >= 15 is 0 Å². The molecule has 3 nitrogen and oxygen atoms in total. The summed E-state index contributed by atoms with van der Waals surface area (Å²) in [5.74, 6) is 0.900. The highest BCUT2D eigenvalue weighted by molar-refractivity contribution is 6.30. The Morgan fingerprint density at radius 1 is 1.15 bits per heavy atom. The van der Waals surface area contributed by atoms with Gasteiger partial charge < -0.3 is 9.47 Å². The van der Waals surface area contributed by atoms with Crippen LogP contribution in [0.1, 0.15) is 11.1 Å². The van der Waals surface area contributed by atoms with Gasteiger partial charge in [0.1, 0.15) is 12.4 Å². The van der Waals surface area contributed by atoms with Crippen molar-refractivity contribution in [2.45, 2.75) is 13.0 Å². The summed E-state index contributed by atoms with van der Waals surface area (Å²) in [6.07, 6.45) is 0.362. The van der Waals surface area contributed by atoms with Crippen molar-refractivity contribution in [1.82, 2.24) is 0 Å². The zero-order valence-corrected chi connectivity index (χ0v) is 12.0. The fourth-order valence-electron chi connectivity index (χ4n) is 1.81. The topological polar surface area (TPSA) is 42.3 Å². The van der Waals surface area contributed by atoms with E-state index < -0.39 is 0 Å². The van der Waals surface area contributed by atoms with E-state index in [-0.39, 0.29) is 5.90 Å². The summed E-state index contributed by atoms with van der Waals surface area (Å²) in [6.45, 7) is 0.482. The van der Waals surface area contributed by atoms with E-state index in [1.165, 1.54) is 7.11 Å². The van der Waals surface area contributed by atoms with Gasteiger partial charge in [-0.25, -0.2) is 0 Å². The first-order valence-corrected chi connectivity index (χ1v) is 6.63. The van der Waals surface area contributed by atoms with Crippen molar-refractivity contribution in [3.05, 3.63) is 64.7 Å². The first kappa shape index (κ1) is 14.4. The molecule has 0 fully saturated rings. The molecule has 0 aliphatic rings. The monoisotopic (exact) mass is 289 g/mol. The van der Waals surface area contributed by atoms with Crippen LogP contribution in [0.2, 0.25) is 5.02 Å². The van der Waals surface area contributed by atoms with E-state index in [4.69, 9.17) is 26.5 Å². The van der Waals surface area contributed by atoms with Gasteiger partial charge >= 0.3 is 0 Å². The van der Waals surface area contributed by atoms with Gasteiger partial charge in [-0.15, -0.1) is 0 Å². The molecular weight excluding hydrogens is 274 g/mol. The predicted molar refractivity (Wildman–Crippen MR) is 80.7 cm³/mol. The molecule has 0 aliphatic carbocycles. The summed E-state index contributed by atoms with van der Waals surface area (Å²) in [4.78, 5) is 0. The van der Waals surface area contributed by atoms with Crippen LogP contribution in [-0.4, -0.2) is 13.0 Å². The molecule has 0 unspecified atom stereocenters. The highest BCUT2D eigenvalue weighted by Crippen LogP contribution is 2.24. The smallest absolute Gasteiger partial charge is 0.184 e. The molecule has 2 rings (SSSR count). The average Bonchev–Trinajstić information content (AvgIpc) is 2.47. The number of halogens is 1. The van der Waals surface area contributed by atoms with Crippen LogP contribution in [0.4, 0.5) is 0 Å². The summed E-state index contributed by atoms with van der Waals surface area (Å²) < 4.78 is 10.7. The Bertz CT molecular complexity index is 584. The molecular formula is C16H16ClNO2. The number of methoxy groups -OCH3 is 1. The van der Waals surface area contributed by atoms with Crippen LogP contribution in [0.5, 0.6) is 5.75 Å². The molecule has 0 spiro atoms. The Balaban J connectivity index is 2.12. The van der Waals surface area contributed by atoms with Gasteiger partial charge in [-0.2, -0.15) is 0 Å². The first-order valence-electron chi connectivity index (χ1n) is 6.25. The van der Waals surface area contributed by atoms with Crippen LogP contribution < -0.4 is 4.74 Å². The van der Waals surface area contributed by atoms with Crippen LogP contribution >= 0.6 is 11.6 Å². The van der Waals surface area contributed by atoms with Crippen LogP contribution in [0.25, 0.3) is 0 Å². The highest BCUT2D eigenvalue weighted by atomic mass is 35.5. The van der Waals surface area contributed by atoms with E-state index in [0.29, 0.717) is 18.1 Å². The number of nitrogens with one attached hydrogen (secondary N) is 1. The lowest BCUT2D eigenvalue weighted by molar-refractivity contribution is 0.302. The lowest BCUT2D eigenvalue weighted by atomic mass is 10.1. The van der Waals surface area contributed by atoms with Gasteiger partial charge in [0.2, 0.25) is 0 Å². The third-order valence-corrected chi connectivity index (χ3v) is 3.09. The maximum absolute atomic E-state index is 7.62. The van der Waals surface area contributed by atoms with Gasteiger partial charge in [0.05, 0.1) is 13.5 Å². The predicted octanol–water partition coefficient (Wildman–Crippen LogP) is 4.09. The Morgan fingerprint density at radius 3 is 2.60 bits per heavy atom. The molecule has 0 radical (unpaired) electrons. The summed E-state index contributed by atoms with van der Waals surface area (Å²) in [5.41, 5.74) is 1.94. The quantitative estimate of drug-likeness (QED) is 0.665. The first-order chi connectivity index (χ1) is 9.69. The Hall–Kier alpha value is -2.00. The third kappa shape index (κ3) is 4.00. The highest BCUT2D eigenvalue weighted by Gasteiger charge is 2.08. The summed E-state index contributed by atoms with van der Waals surface area (Å²) in [6, 6.07) is 15.3. The molecule has 20 heavy (non-hydrogen) atoms. The third-order valence-electron chi connectivity index (χ3n) is 2.86. The zero-order valence-electron chi connectivity index (χ0n) is 11.2. The molecule has 2 aromatic carbocycles. The second-order valence-corrected chi connectivity index (χ2v) is 4.77. The van der Waals surface area contributed by atoms with Crippen molar-refractivity contribution < 1.29 is 9.47 Å². The van der Waals surface area contributed by atoms with Gasteiger partial charge in [0, 0.05) is 10.6 Å². The molecule has 0 aliphatic heterocycles. The summed E-state index contributed by atoms with van der Waals surface area (Å²) in [7, 11) is 1.48. The van der Waals surface area contributed by atoms with E-state index in [1.54, 1.807) is 12.1 Å². The molecule has 0 heterocycles. The number of hydrogen-bond donors (Lipinski definition) is 1. The molecule has 0 amide bonds. The minimum absolute atomic E-state index is 0.178. The minimum atomic E-state index is 0.178. The molecule has 0 bridgehead atoms. The molecule has 4 heteroatoms. The van der Waals surface area contributed by atoms with Crippen LogP contribution in [0.15, 0.2) is 48.5 Å². The lowest BCUT2D eigenvalue weighted by Crippen LogP contribution is -2.06. The molecule has 0 saturated heterocycles. The van der Waals surface area contributed by atoms with Crippen LogP contribution in [0, 0.1) is 5.41 Å². The van der Waals surface area contributed by atoms with Gasteiger partial charge in [-0.1, -0.05) is 41.9 Å². The van der Waals surface area contributed by atoms with E-state index in [0.717, 1.165) is 16.9 Å². The molecule has 0 saturated carbocycles. The van der Waals surface area contributed by atoms with Gasteiger partial charge in [0.15, 0.2) is 5.90 Å². The molecule has 0 aromatic heterocycles. The van der Waals surface area contributed by atoms with Crippen molar-refractivity contribution >= 4 is 17.5 Å². The normalized spacial score (nSPS) is 10.1. The Morgan fingerprint density at radius 2 is 1.90 bits per heavy atom. The molecule has 2 aromatic rings. The van der Waals surface area contributed by atoms with Crippen molar-refractivity contribution in [1.29, 1.82) is 5.41 Å².